The summed E-state index contributed by atoms with van der Waals surface area (Å²) in [4.78, 5) is 12.8. The molecule has 1 unspecified atom stereocenters. The Hall–Kier alpha value is -2.37. The quantitative estimate of drug-likeness (QED) is 0.758. The van der Waals surface area contributed by atoms with Crippen molar-refractivity contribution in [1.29, 1.82) is 10.5 Å². The number of rotatable bonds is 6. The number of nitrogens with zero attached hydrogens (tertiary/aromatic N) is 3. The first-order valence-electron chi connectivity index (χ1n) is 5.43. The Labute approximate surface area is 105 Å². The van der Waals surface area contributed by atoms with Crippen molar-refractivity contribution in [2.24, 2.45) is 0 Å². The van der Waals surface area contributed by atoms with E-state index in [9.17, 15) is 9.90 Å². The third-order valence-corrected chi connectivity index (χ3v) is 2.53. The minimum atomic E-state index is -0.956. The first-order chi connectivity index (χ1) is 8.69. The van der Waals surface area contributed by atoms with Crippen LogP contribution < -0.4 is 0 Å². The molecule has 5 heteroatoms. The summed E-state index contributed by atoms with van der Waals surface area (Å²) in [6.07, 6.45) is 0. The van der Waals surface area contributed by atoms with Crippen molar-refractivity contribution in [1.82, 2.24) is 4.90 Å². The van der Waals surface area contributed by atoms with E-state index in [0.717, 1.165) is 0 Å². The minimum Gasteiger partial charge on any atom is -0.481 e. The average molecular weight is 243 g/mol. The van der Waals surface area contributed by atoms with Crippen LogP contribution in [0.25, 0.3) is 0 Å². The van der Waals surface area contributed by atoms with E-state index in [-0.39, 0.29) is 19.6 Å². The Kier molecular flexibility index (Phi) is 5.37. The van der Waals surface area contributed by atoms with Gasteiger partial charge in [-0.3, -0.25) is 9.69 Å². The molecule has 0 fully saturated rings. The standard InChI is InChI=1S/C13H13N3O2/c14-6-8-16(9-7-15)10-12(13(17)18)11-4-2-1-3-5-11/h1-5,12H,8-10H2,(H,17,18). The summed E-state index contributed by atoms with van der Waals surface area (Å²) in [5.74, 6) is -1.69. The third-order valence-electron chi connectivity index (χ3n) is 2.53. The molecule has 0 heterocycles. The second-order valence-electron chi connectivity index (χ2n) is 3.79. The summed E-state index contributed by atoms with van der Waals surface area (Å²) >= 11 is 0. The summed E-state index contributed by atoms with van der Waals surface area (Å²) in [6.45, 7) is 0.245. The molecule has 0 radical (unpaired) electrons. The second-order valence-corrected chi connectivity index (χ2v) is 3.79. The van der Waals surface area contributed by atoms with Crippen molar-refractivity contribution in [3.8, 4) is 12.1 Å². The SMILES string of the molecule is N#CCN(CC#N)CC(C(=O)O)c1ccccc1. The van der Waals surface area contributed by atoms with Gasteiger partial charge < -0.3 is 5.11 Å². The fourth-order valence-corrected chi connectivity index (χ4v) is 1.65. The number of aliphatic carboxylic acids is 1. The molecule has 0 amide bonds. The Morgan fingerprint density at radius 2 is 1.78 bits per heavy atom. The molecule has 0 aromatic heterocycles. The number of nitriles is 2. The summed E-state index contributed by atoms with van der Waals surface area (Å²) in [6, 6.07) is 12.7. The van der Waals surface area contributed by atoms with Gasteiger partial charge in [0.15, 0.2) is 0 Å². The first kappa shape index (κ1) is 13.7. The van der Waals surface area contributed by atoms with Gasteiger partial charge in [0.25, 0.3) is 0 Å². The van der Waals surface area contributed by atoms with Crippen molar-refractivity contribution in [2.75, 3.05) is 19.6 Å². The zero-order valence-electron chi connectivity index (χ0n) is 9.78. The maximum Gasteiger partial charge on any atom is 0.312 e. The van der Waals surface area contributed by atoms with E-state index in [4.69, 9.17) is 10.5 Å². The zero-order valence-corrected chi connectivity index (χ0v) is 9.78. The maximum atomic E-state index is 11.3. The van der Waals surface area contributed by atoms with Crippen LogP contribution in [0.3, 0.4) is 0 Å². The van der Waals surface area contributed by atoms with Gasteiger partial charge in [-0.25, -0.2) is 0 Å². The average Bonchev–Trinajstić information content (AvgIpc) is 2.37. The number of benzene rings is 1. The lowest BCUT2D eigenvalue weighted by molar-refractivity contribution is -0.139. The first-order valence-corrected chi connectivity index (χ1v) is 5.43. The number of hydrogen-bond acceptors (Lipinski definition) is 4. The Balaban J connectivity index is 2.84. The maximum absolute atomic E-state index is 11.3. The van der Waals surface area contributed by atoms with Crippen LogP contribution in [-0.2, 0) is 4.79 Å². The molecule has 1 aromatic rings. The molecule has 0 aliphatic carbocycles. The lowest BCUT2D eigenvalue weighted by atomic mass is 9.99. The Morgan fingerprint density at radius 1 is 1.22 bits per heavy atom. The minimum absolute atomic E-state index is 0.0458. The van der Waals surface area contributed by atoms with Crippen molar-refractivity contribution < 1.29 is 9.90 Å². The van der Waals surface area contributed by atoms with Gasteiger partial charge in [0.1, 0.15) is 0 Å². The molecule has 1 N–H and O–H groups in total. The summed E-state index contributed by atoms with van der Waals surface area (Å²) in [5, 5.41) is 26.5. The molecule has 0 saturated carbocycles. The van der Waals surface area contributed by atoms with Gasteiger partial charge >= 0.3 is 5.97 Å². The monoisotopic (exact) mass is 243 g/mol. The molecule has 0 bridgehead atoms. The highest BCUT2D eigenvalue weighted by molar-refractivity contribution is 5.76. The largest absolute Gasteiger partial charge is 0.481 e. The molecule has 0 aliphatic rings. The Morgan fingerprint density at radius 3 is 2.22 bits per heavy atom. The van der Waals surface area contributed by atoms with Crippen LogP contribution >= 0.6 is 0 Å². The molecule has 0 aliphatic heterocycles. The van der Waals surface area contributed by atoms with Crippen LogP contribution in [0.5, 0.6) is 0 Å². The molecule has 0 saturated heterocycles. The Bertz CT molecular complexity index is 457. The molecular formula is C13H13N3O2. The highest BCUT2D eigenvalue weighted by atomic mass is 16.4. The zero-order chi connectivity index (χ0) is 13.4. The molecule has 1 atom stereocenters. The van der Waals surface area contributed by atoms with Crippen LogP contribution in [0.15, 0.2) is 30.3 Å². The lowest BCUT2D eigenvalue weighted by Gasteiger charge is -2.20. The van der Waals surface area contributed by atoms with E-state index in [0.29, 0.717) is 5.56 Å². The van der Waals surface area contributed by atoms with Crippen molar-refractivity contribution >= 4 is 5.97 Å². The van der Waals surface area contributed by atoms with Crippen LogP contribution in [-0.4, -0.2) is 35.6 Å². The number of carboxylic acids is 1. The van der Waals surface area contributed by atoms with E-state index >= 15 is 0 Å². The molecule has 0 spiro atoms. The summed E-state index contributed by atoms with van der Waals surface area (Å²) < 4.78 is 0. The highest BCUT2D eigenvalue weighted by Crippen LogP contribution is 2.17. The fourth-order valence-electron chi connectivity index (χ4n) is 1.65. The van der Waals surface area contributed by atoms with Crippen LogP contribution in [0.2, 0.25) is 0 Å². The van der Waals surface area contributed by atoms with Crippen molar-refractivity contribution in [2.45, 2.75) is 5.92 Å². The van der Waals surface area contributed by atoms with Crippen LogP contribution in [0.1, 0.15) is 11.5 Å². The van der Waals surface area contributed by atoms with Gasteiger partial charge in [-0.1, -0.05) is 30.3 Å². The second kappa shape index (κ2) is 7.05. The van der Waals surface area contributed by atoms with Gasteiger partial charge in [-0.2, -0.15) is 10.5 Å². The van der Waals surface area contributed by atoms with E-state index in [2.05, 4.69) is 0 Å². The van der Waals surface area contributed by atoms with Gasteiger partial charge in [0.05, 0.1) is 31.1 Å². The normalized spacial score (nSPS) is 11.5. The molecule has 92 valence electrons. The van der Waals surface area contributed by atoms with Gasteiger partial charge in [-0.05, 0) is 5.56 Å². The van der Waals surface area contributed by atoms with Gasteiger partial charge in [-0.15, -0.1) is 0 Å². The van der Waals surface area contributed by atoms with E-state index in [1.807, 2.05) is 18.2 Å². The van der Waals surface area contributed by atoms with Crippen LogP contribution in [0, 0.1) is 22.7 Å². The molecule has 18 heavy (non-hydrogen) atoms. The van der Waals surface area contributed by atoms with Crippen molar-refractivity contribution in [3.63, 3.8) is 0 Å². The molecule has 1 aromatic carbocycles. The van der Waals surface area contributed by atoms with E-state index in [1.165, 1.54) is 4.90 Å². The number of carbonyl (C=O) groups is 1. The van der Waals surface area contributed by atoms with E-state index < -0.39 is 11.9 Å². The molecule has 5 nitrogen and oxygen atoms in total. The topological polar surface area (TPSA) is 88.1 Å². The number of hydrogen-bond donors (Lipinski definition) is 1. The van der Waals surface area contributed by atoms with E-state index in [1.54, 1.807) is 24.3 Å². The number of carboxylic acid groups (broad SMARTS) is 1. The lowest BCUT2D eigenvalue weighted by Crippen LogP contribution is -2.32. The molecule has 1 rings (SSSR count). The van der Waals surface area contributed by atoms with Crippen molar-refractivity contribution in [3.05, 3.63) is 35.9 Å². The fraction of sp³-hybridized carbons (Fsp3) is 0.308. The predicted octanol–water partition coefficient (Wildman–Crippen LogP) is 1.20. The predicted molar refractivity (Wildman–Crippen MR) is 64.5 cm³/mol. The van der Waals surface area contributed by atoms with Crippen LogP contribution in [0.4, 0.5) is 0 Å². The van der Waals surface area contributed by atoms with Gasteiger partial charge in [0.2, 0.25) is 0 Å². The third kappa shape index (κ3) is 3.89. The smallest absolute Gasteiger partial charge is 0.312 e. The van der Waals surface area contributed by atoms with Gasteiger partial charge in [0, 0.05) is 6.54 Å². The molecular weight excluding hydrogens is 230 g/mol. The summed E-state index contributed by atoms with van der Waals surface area (Å²) in [7, 11) is 0. The summed E-state index contributed by atoms with van der Waals surface area (Å²) in [5.41, 5.74) is 0.672. The highest BCUT2D eigenvalue weighted by Gasteiger charge is 2.22.